The van der Waals surface area contributed by atoms with Crippen LogP contribution in [-0.4, -0.2) is 13.9 Å². The van der Waals surface area contributed by atoms with Crippen LogP contribution in [0.15, 0.2) is 48.2 Å². The van der Waals surface area contributed by atoms with Gasteiger partial charge in [-0.25, -0.2) is 0 Å². The van der Waals surface area contributed by atoms with Crippen LogP contribution in [0.4, 0.5) is 13.2 Å². The Morgan fingerprint density at radius 2 is 1.64 bits per heavy atom. The number of hydrogen-bond acceptors (Lipinski definition) is 3. The molecule has 3 aliphatic rings. The standard InChI is InChI=1S/C15H13F3O3S/c16-15(17,18)22(19,20)21-14-9-11-6-7-12(14)8-13(11)10-4-2-1-3-5-10/h1-5,8-9,11-12H,6-7H2. The average Bonchev–Trinajstić information content (AvgIpc) is 2.47. The van der Waals surface area contributed by atoms with Crippen molar-refractivity contribution >= 4 is 15.7 Å². The molecule has 4 rings (SSSR count). The fourth-order valence-electron chi connectivity index (χ4n) is 2.86. The van der Waals surface area contributed by atoms with Crippen molar-refractivity contribution in [1.29, 1.82) is 0 Å². The molecule has 3 aliphatic carbocycles. The minimum Gasteiger partial charge on any atom is -0.380 e. The maximum atomic E-state index is 12.4. The first kappa shape index (κ1) is 15.1. The van der Waals surface area contributed by atoms with E-state index in [0.717, 1.165) is 17.6 Å². The summed E-state index contributed by atoms with van der Waals surface area (Å²) >= 11 is 0. The Labute approximate surface area is 126 Å². The van der Waals surface area contributed by atoms with Gasteiger partial charge in [-0.3, -0.25) is 0 Å². The molecule has 2 atom stereocenters. The molecule has 7 heteroatoms. The van der Waals surface area contributed by atoms with Crippen molar-refractivity contribution in [2.75, 3.05) is 0 Å². The lowest BCUT2D eigenvalue weighted by atomic mass is 9.73. The molecule has 0 amide bonds. The largest absolute Gasteiger partial charge is 0.534 e. The Hall–Kier alpha value is -1.76. The third kappa shape index (κ3) is 2.65. The Balaban J connectivity index is 1.86. The molecule has 118 valence electrons. The molecule has 3 nitrogen and oxygen atoms in total. The Morgan fingerprint density at radius 3 is 2.18 bits per heavy atom. The van der Waals surface area contributed by atoms with E-state index < -0.39 is 21.5 Å². The van der Waals surface area contributed by atoms with E-state index in [4.69, 9.17) is 0 Å². The topological polar surface area (TPSA) is 43.4 Å². The highest BCUT2D eigenvalue weighted by Gasteiger charge is 2.50. The third-order valence-corrected chi connectivity index (χ3v) is 4.88. The highest BCUT2D eigenvalue weighted by atomic mass is 32.2. The molecule has 0 N–H and O–H groups in total. The molecule has 0 saturated heterocycles. The van der Waals surface area contributed by atoms with Gasteiger partial charge in [-0.1, -0.05) is 36.4 Å². The lowest BCUT2D eigenvalue weighted by molar-refractivity contribution is -0.0527. The summed E-state index contributed by atoms with van der Waals surface area (Å²) in [7, 11) is -5.60. The quantitative estimate of drug-likeness (QED) is 0.624. The van der Waals surface area contributed by atoms with Crippen molar-refractivity contribution in [2.45, 2.75) is 18.3 Å². The van der Waals surface area contributed by atoms with Crippen LogP contribution < -0.4 is 0 Å². The summed E-state index contributed by atoms with van der Waals surface area (Å²) in [6.45, 7) is 0. The van der Waals surface area contributed by atoms with Crippen molar-refractivity contribution < 1.29 is 25.8 Å². The van der Waals surface area contributed by atoms with Crippen molar-refractivity contribution in [3.05, 3.63) is 53.8 Å². The SMILES string of the molecule is O=S(=O)(OC1=CC2CCC1C=C2c1ccccc1)C(F)(F)F. The Kier molecular flexibility index (Phi) is 3.55. The fourth-order valence-corrected chi connectivity index (χ4v) is 3.39. The van der Waals surface area contributed by atoms with E-state index in [-0.39, 0.29) is 11.7 Å². The molecule has 0 saturated carbocycles. The summed E-state index contributed by atoms with van der Waals surface area (Å²) in [5.74, 6) is -0.670. The van der Waals surface area contributed by atoms with Crippen LogP contribution in [0.3, 0.4) is 0 Å². The van der Waals surface area contributed by atoms with Crippen molar-refractivity contribution in [3.8, 4) is 0 Å². The number of fused-ring (bicyclic) bond motifs is 1. The molecule has 1 aromatic rings. The zero-order chi connectivity index (χ0) is 16.0. The molecule has 0 radical (unpaired) electrons. The lowest BCUT2D eigenvalue weighted by Gasteiger charge is -2.34. The first-order valence-corrected chi connectivity index (χ1v) is 8.18. The predicted molar refractivity (Wildman–Crippen MR) is 74.8 cm³/mol. The number of hydrogen-bond donors (Lipinski definition) is 0. The maximum Gasteiger partial charge on any atom is 0.534 e. The molecule has 2 bridgehead atoms. The monoisotopic (exact) mass is 330 g/mol. The predicted octanol–water partition coefficient (Wildman–Crippen LogP) is 3.86. The molecule has 0 fully saturated rings. The van der Waals surface area contributed by atoms with E-state index in [1.54, 1.807) is 0 Å². The van der Waals surface area contributed by atoms with E-state index in [0.29, 0.717) is 6.42 Å². The van der Waals surface area contributed by atoms with Crippen LogP contribution in [-0.2, 0) is 14.3 Å². The molecule has 0 heterocycles. The maximum absolute atomic E-state index is 12.4. The third-order valence-electron chi connectivity index (χ3n) is 3.90. The minimum atomic E-state index is -5.60. The molecule has 1 aromatic carbocycles. The highest BCUT2D eigenvalue weighted by Crippen LogP contribution is 2.45. The summed E-state index contributed by atoms with van der Waals surface area (Å²) in [6.07, 6.45) is 4.66. The van der Waals surface area contributed by atoms with Crippen molar-refractivity contribution in [2.24, 2.45) is 11.8 Å². The first-order valence-electron chi connectivity index (χ1n) is 6.77. The summed E-state index contributed by atoms with van der Waals surface area (Å²) in [6, 6.07) is 9.49. The molecule has 0 aliphatic heterocycles. The van der Waals surface area contributed by atoms with Crippen molar-refractivity contribution in [3.63, 3.8) is 0 Å². The highest BCUT2D eigenvalue weighted by molar-refractivity contribution is 7.87. The lowest BCUT2D eigenvalue weighted by Crippen LogP contribution is -2.29. The summed E-state index contributed by atoms with van der Waals surface area (Å²) in [5.41, 5.74) is -3.41. The second-order valence-electron chi connectivity index (χ2n) is 5.33. The molecule has 0 spiro atoms. The van der Waals surface area contributed by atoms with Gasteiger partial charge < -0.3 is 4.18 Å². The fraction of sp³-hybridized carbons (Fsp3) is 0.333. The van der Waals surface area contributed by atoms with Gasteiger partial charge >= 0.3 is 15.6 Å². The van der Waals surface area contributed by atoms with Crippen LogP contribution in [0, 0.1) is 11.8 Å². The van der Waals surface area contributed by atoms with E-state index >= 15 is 0 Å². The Bertz CT molecular complexity index is 733. The van der Waals surface area contributed by atoms with Gasteiger partial charge in [0.1, 0.15) is 5.76 Å². The van der Waals surface area contributed by atoms with E-state index in [9.17, 15) is 21.6 Å². The van der Waals surface area contributed by atoms with Gasteiger partial charge in [-0.05, 0) is 30.1 Å². The van der Waals surface area contributed by atoms with E-state index in [1.807, 2.05) is 36.4 Å². The smallest absolute Gasteiger partial charge is 0.380 e. The van der Waals surface area contributed by atoms with Gasteiger partial charge in [0, 0.05) is 11.8 Å². The van der Waals surface area contributed by atoms with Gasteiger partial charge in [0.2, 0.25) is 0 Å². The molecular weight excluding hydrogens is 317 g/mol. The van der Waals surface area contributed by atoms with Gasteiger partial charge in [-0.2, -0.15) is 21.6 Å². The molecule has 0 aromatic heterocycles. The number of alkyl halides is 3. The molecular formula is C15H13F3O3S. The van der Waals surface area contributed by atoms with Crippen molar-refractivity contribution in [1.82, 2.24) is 0 Å². The summed E-state index contributed by atoms with van der Waals surface area (Å²) < 4.78 is 63.9. The van der Waals surface area contributed by atoms with Crippen LogP contribution >= 0.6 is 0 Å². The zero-order valence-corrected chi connectivity index (χ0v) is 12.2. The minimum absolute atomic E-state index is 0.117. The number of allylic oxidation sites excluding steroid dienone is 3. The van der Waals surface area contributed by atoms with E-state index in [2.05, 4.69) is 4.18 Å². The zero-order valence-electron chi connectivity index (χ0n) is 11.4. The second kappa shape index (κ2) is 5.15. The van der Waals surface area contributed by atoms with Crippen LogP contribution in [0.2, 0.25) is 0 Å². The molecule has 22 heavy (non-hydrogen) atoms. The Morgan fingerprint density at radius 1 is 1.00 bits per heavy atom. The van der Waals surface area contributed by atoms with Crippen LogP contribution in [0.25, 0.3) is 5.57 Å². The summed E-state index contributed by atoms with van der Waals surface area (Å²) in [5, 5.41) is 0. The van der Waals surface area contributed by atoms with Gasteiger partial charge in [-0.15, -0.1) is 0 Å². The second-order valence-corrected chi connectivity index (χ2v) is 6.87. The van der Waals surface area contributed by atoms with E-state index in [1.165, 1.54) is 6.08 Å². The first-order chi connectivity index (χ1) is 10.3. The van der Waals surface area contributed by atoms with Gasteiger partial charge in [0.15, 0.2) is 0 Å². The number of benzene rings is 1. The number of rotatable bonds is 3. The number of halogens is 3. The summed E-state index contributed by atoms with van der Waals surface area (Å²) in [4.78, 5) is 0. The average molecular weight is 330 g/mol. The normalized spacial score (nSPS) is 24.7. The van der Waals surface area contributed by atoms with Crippen LogP contribution in [0.5, 0.6) is 0 Å². The van der Waals surface area contributed by atoms with Crippen LogP contribution in [0.1, 0.15) is 18.4 Å². The van der Waals surface area contributed by atoms with Gasteiger partial charge in [0.05, 0.1) is 0 Å². The molecule has 2 unspecified atom stereocenters. The van der Waals surface area contributed by atoms with Gasteiger partial charge in [0.25, 0.3) is 0 Å².